The first-order valence-electron chi connectivity index (χ1n) is 7.27. The van der Waals surface area contributed by atoms with Crippen molar-refractivity contribution >= 4 is 5.97 Å². The Kier molecular flexibility index (Phi) is 5.31. The lowest BCUT2D eigenvalue weighted by atomic mass is 9.98. The van der Waals surface area contributed by atoms with Crippen LogP contribution in [-0.2, 0) is 11.2 Å². The Balaban J connectivity index is 2.27. The van der Waals surface area contributed by atoms with Gasteiger partial charge in [0.05, 0.1) is 12.7 Å². The van der Waals surface area contributed by atoms with Crippen LogP contribution in [0.3, 0.4) is 0 Å². The number of ether oxygens (including phenoxy) is 1. The van der Waals surface area contributed by atoms with Gasteiger partial charge in [-0.15, -0.1) is 0 Å². The van der Waals surface area contributed by atoms with Crippen LogP contribution in [-0.4, -0.2) is 17.6 Å². The predicted molar refractivity (Wildman–Crippen MR) is 80.9 cm³/mol. The normalized spacial score (nSPS) is 14.3. The zero-order chi connectivity index (χ0) is 15.9. The highest BCUT2D eigenvalue weighted by Gasteiger charge is 2.20. The average Bonchev–Trinajstić information content (AvgIpc) is 2.88. The number of hydrogen-bond acceptors (Lipinski definition) is 5. The molecule has 0 saturated carbocycles. The van der Waals surface area contributed by atoms with Crippen molar-refractivity contribution in [1.82, 2.24) is 4.98 Å². The number of nitriles is 1. The smallest absolute Gasteiger partial charge is 0.360 e. The molecule has 1 heterocycles. The van der Waals surface area contributed by atoms with E-state index in [1.165, 1.54) is 12.0 Å². The summed E-state index contributed by atoms with van der Waals surface area (Å²) in [5.74, 6) is -0.0823. The first kappa shape index (κ1) is 15.8. The Labute approximate surface area is 129 Å². The molecule has 0 radical (unpaired) electrons. The third kappa shape index (κ3) is 3.53. The molecule has 5 nitrogen and oxygen atoms in total. The molecule has 0 saturated heterocycles. The van der Waals surface area contributed by atoms with Gasteiger partial charge in [-0.25, -0.2) is 9.78 Å². The maximum absolute atomic E-state index is 11.8. The minimum atomic E-state index is -0.504. The molecule has 0 unspecified atom stereocenters. The van der Waals surface area contributed by atoms with Crippen molar-refractivity contribution in [3.05, 3.63) is 52.8 Å². The van der Waals surface area contributed by atoms with Crippen LogP contribution in [0.25, 0.3) is 0 Å². The molecule has 0 bridgehead atoms. The number of rotatable bonds is 5. The van der Waals surface area contributed by atoms with Gasteiger partial charge in [-0.2, -0.15) is 5.26 Å². The molecule has 0 fully saturated rings. The first-order chi connectivity index (χ1) is 10.7. The van der Waals surface area contributed by atoms with Crippen molar-refractivity contribution in [2.24, 2.45) is 0 Å². The monoisotopic (exact) mass is 298 g/mol. The third-order valence-electron chi connectivity index (χ3n) is 3.47. The van der Waals surface area contributed by atoms with Crippen molar-refractivity contribution in [3.63, 3.8) is 0 Å². The first-order valence-corrected chi connectivity index (χ1v) is 7.27. The second-order valence-corrected chi connectivity index (χ2v) is 4.85. The molecule has 1 aliphatic rings. The average molecular weight is 298 g/mol. The second-order valence-electron chi connectivity index (χ2n) is 4.85. The molecule has 22 heavy (non-hydrogen) atoms. The molecule has 5 heteroatoms. The van der Waals surface area contributed by atoms with Crippen molar-refractivity contribution in [3.8, 4) is 6.07 Å². The van der Waals surface area contributed by atoms with Gasteiger partial charge in [0.15, 0.2) is 12.1 Å². The minimum absolute atomic E-state index is 0.174. The highest BCUT2D eigenvalue weighted by Crippen LogP contribution is 2.25. The van der Waals surface area contributed by atoms with E-state index in [2.05, 4.69) is 18.0 Å². The number of hydrogen-bond donors (Lipinski definition) is 0. The molecule has 0 amide bonds. The molecule has 1 aromatic heterocycles. The highest BCUT2D eigenvalue weighted by molar-refractivity contribution is 5.88. The summed E-state index contributed by atoms with van der Waals surface area (Å²) in [5.41, 5.74) is 2.90. The van der Waals surface area contributed by atoms with E-state index in [-0.39, 0.29) is 12.3 Å². The fraction of sp³-hybridized carbons (Fsp3) is 0.353. The van der Waals surface area contributed by atoms with Crippen LogP contribution >= 0.6 is 0 Å². The molecular formula is C17H18N2O3. The predicted octanol–water partition coefficient (Wildman–Crippen LogP) is 3.51. The summed E-state index contributed by atoms with van der Waals surface area (Å²) in [5, 5.41) is 9.38. The topological polar surface area (TPSA) is 76.1 Å². The van der Waals surface area contributed by atoms with Crippen molar-refractivity contribution < 1.29 is 13.9 Å². The van der Waals surface area contributed by atoms with Gasteiger partial charge in [-0.3, -0.25) is 0 Å². The lowest BCUT2D eigenvalue weighted by Gasteiger charge is -2.06. The molecule has 0 spiro atoms. The van der Waals surface area contributed by atoms with Crippen LogP contribution < -0.4 is 0 Å². The quantitative estimate of drug-likeness (QED) is 0.777. The summed E-state index contributed by atoms with van der Waals surface area (Å²) in [6, 6.07) is 2.25. The zero-order valence-electron chi connectivity index (χ0n) is 12.8. The van der Waals surface area contributed by atoms with Crippen LogP contribution in [0.4, 0.5) is 0 Å². The molecule has 0 N–H and O–H groups in total. The van der Waals surface area contributed by atoms with E-state index in [0.717, 1.165) is 12.0 Å². The lowest BCUT2D eigenvalue weighted by Crippen LogP contribution is -2.08. The molecule has 114 valence electrons. The number of oxazole rings is 1. The fourth-order valence-electron chi connectivity index (χ4n) is 2.26. The summed E-state index contributed by atoms with van der Waals surface area (Å²) in [7, 11) is 0. The zero-order valence-corrected chi connectivity index (χ0v) is 12.8. The largest absolute Gasteiger partial charge is 0.461 e. The van der Waals surface area contributed by atoms with Gasteiger partial charge in [0.25, 0.3) is 0 Å². The Morgan fingerprint density at radius 3 is 3.00 bits per heavy atom. The van der Waals surface area contributed by atoms with Gasteiger partial charge in [0.2, 0.25) is 0 Å². The lowest BCUT2D eigenvalue weighted by molar-refractivity contribution is 0.0518. The van der Waals surface area contributed by atoms with Gasteiger partial charge in [-0.05, 0) is 18.9 Å². The Bertz CT molecular complexity index is 687. The van der Waals surface area contributed by atoms with Crippen molar-refractivity contribution in [2.45, 2.75) is 33.1 Å². The van der Waals surface area contributed by atoms with Crippen LogP contribution in [0.2, 0.25) is 0 Å². The van der Waals surface area contributed by atoms with E-state index in [1.54, 1.807) is 6.92 Å². The van der Waals surface area contributed by atoms with Crippen LogP contribution in [0.5, 0.6) is 0 Å². The van der Waals surface area contributed by atoms with E-state index in [0.29, 0.717) is 24.2 Å². The number of carbonyl (C=O) groups excluding carboxylic acids is 1. The minimum Gasteiger partial charge on any atom is -0.461 e. The molecule has 2 rings (SSSR count). The van der Waals surface area contributed by atoms with E-state index in [9.17, 15) is 10.1 Å². The standard InChI is InChI=1S/C17H18N2O3/c1-3-12-6-5-7-13(14(8-12)10-18)9-15-16(19-11-22-15)17(20)21-4-2/h5-7,11H,3-4,8-9H2,1-2H3. The van der Waals surface area contributed by atoms with Gasteiger partial charge < -0.3 is 9.15 Å². The van der Waals surface area contributed by atoms with Gasteiger partial charge in [0.1, 0.15) is 5.76 Å². The molecular weight excluding hydrogens is 280 g/mol. The summed E-state index contributed by atoms with van der Waals surface area (Å²) < 4.78 is 10.3. The number of aromatic nitrogens is 1. The van der Waals surface area contributed by atoms with Gasteiger partial charge in [0, 0.05) is 18.4 Å². The Hall–Kier alpha value is -2.61. The molecule has 0 aliphatic heterocycles. The number of esters is 1. The van der Waals surface area contributed by atoms with Gasteiger partial charge in [-0.1, -0.05) is 30.7 Å². The van der Waals surface area contributed by atoms with E-state index >= 15 is 0 Å². The maximum Gasteiger partial charge on any atom is 0.360 e. The van der Waals surface area contributed by atoms with E-state index in [4.69, 9.17) is 9.15 Å². The van der Waals surface area contributed by atoms with Crippen LogP contribution in [0.15, 0.2) is 45.8 Å². The Morgan fingerprint density at radius 1 is 1.50 bits per heavy atom. The van der Waals surface area contributed by atoms with Crippen molar-refractivity contribution in [1.29, 1.82) is 5.26 Å². The number of carbonyl (C=O) groups is 1. The summed E-state index contributed by atoms with van der Waals surface area (Å²) in [6.07, 6.45) is 8.94. The van der Waals surface area contributed by atoms with Crippen molar-refractivity contribution in [2.75, 3.05) is 6.61 Å². The molecule has 1 aliphatic carbocycles. The van der Waals surface area contributed by atoms with E-state index < -0.39 is 5.97 Å². The molecule has 1 aromatic rings. The number of allylic oxidation sites excluding steroid dienone is 6. The van der Waals surface area contributed by atoms with Crippen LogP contribution in [0.1, 0.15) is 42.9 Å². The third-order valence-corrected chi connectivity index (χ3v) is 3.47. The Morgan fingerprint density at radius 2 is 2.32 bits per heavy atom. The SMILES string of the molecule is CCOC(=O)c1ncoc1CC1=C(C#N)CC(CC)=CC=C1. The molecule has 0 aromatic carbocycles. The summed E-state index contributed by atoms with van der Waals surface area (Å²) in [6.45, 7) is 4.08. The van der Waals surface area contributed by atoms with Gasteiger partial charge >= 0.3 is 5.97 Å². The summed E-state index contributed by atoms with van der Waals surface area (Å²) in [4.78, 5) is 15.8. The summed E-state index contributed by atoms with van der Waals surface area (Å²) >= 11 is 0. The fourth-order valence-corrected chi connectivity index (χ4v) is 2.26. The maximum atomic E-state index is 11.8. The van der Waals surface area contributed by atoms with Crippen LogP contribution in [0, 0.1) is 11.3 Å². The number of nitrogens with zero attached hydrogens (tertiary/aromatic N) is 2. The molecule has 0 atom stereocenters. The highest BCUT2D eigenvalue weighted by atomic mass is 16.5. The second kappa shape index (κ2) is 7.41. The van der Waals surface area contributed by atoms with E-state index in [1.807, 2.05) is 18.2 Å².